The first-order valence-electron chi connectivity index (χ1n) is 10.1. The number of benzene rings is 2. The quantitative estimate of drug-likeness (QED) is 0.659. The number of ether oxygens (including phenoxy) is 2. The Balaban J connectivity index is 1.43. The van der Waals surface area contributed by atoms with Crippen molar-refractivity contribution >= 4 is 33.3 Å². The summed E-state index contributed by atoms with van der Waals surface area (Å²) < 4.78 is 36.5. The van der Waals surface area contributed by atoms with Crippen LogP contribution in [0.4, 0.5) is 11.4 Å². The molecule has 1 aliphatic heterocycles. The Bertz CT molecular complexity index is 1100. The molecule has 1 saturated heterocycles. The summed E-state index contributed by atoms with van der Waals surface area (Å²) in [5.74, 6) is -0.783. The lowest BCUT2D eigenvalue weighted by Crippen LogP contribution is -2.42. The average molecular weight is 445 g/mol. The summed E-state index contributed by atoms with van der Waals surface area (Å²) in [4.78, 5) is 24.3. The molecule has 2 fully saturated rings. The van der Waals surface area contributed by atoms with Crippen molar-refractivity contribution in [3.63, 3.8) is 0 Å². The van der Waals surface area contributed by atoms with Crippen molar-refractivity contribution in [2.45, 2.75) is 25.0 Å². The number of esters is 1. The van der Waals surface area contributed by atoms with E-state index in [1.807, 2.05) is 19.1 Å². The van der Waals surface area contributed by atoms with E-state index in [2.05, 4.69) is 5.32 Å². The van der Waals surface area contributed by atoms with Gasteiger partial charge in [-0.1, -0.05) is 17.7 Å². The Morgan fingerprint density at radius 1 is 1.13 bits per heavy atom. The van der Waals surface area contributed by atoms with E-state index >= 15 is 0 Å². The minimum absolute atomic E-state index is 0.211. The fraction of sp³-hybridized carbons (Fsp3) is 0.364. The molecule has 1 amide bonds. The number of nitrogens with zero attached hydrogens (tertiary/aromatic N) is 1. The van der Waals surface area contributed by atoms with Gasteiger partial charge in [-0.05, 0) is 56.7 Å². The number of carbonyl (C=O) groups is 2. The molecule has 4 rings (SSSR count). The minimum Gasteiger partial charge on any atom is -0.482 e. The molecular weight excluding hydrogens is 420 g/mol. The summed E-state index contributed by atoms with van der Waals surface area (Å²) in [7, 11) is -3.83. The zero-order valence-corrected chi connectivity index (χ0v) is 18.1. The van der Waals surface area contributed by atoms with Gasteiger partial charge in [0.1, 0.15) is 5.75 Å². The maximum atomic E-state index is 13.2. The molecule has 0 bridgehead atoms. The lowest BCUT2D eigenvalue weighted by molar-refractivity contribution is -0.145. The third-order valence-corrected chi connectivity index (χ3v) is 8.21. The molecule has 1 saturated carbocycles. The van der Waals surface area contributed by atoms with Crippen molar-refractivity contribution in [1.82, 2.24) is 0 Å². The van der Waals surface area contributed by atoms with Crippen molar-refractivity contribution in [2.75, 3.05) is 29.4 Å². The number of hydrogen-bond donors (Lipinski definition) is 1. The van der Waals surface area contributed by atoms with Crippen molar-refractivity contribution in [3.05, 3.63) is 54.1 Å². The van der Waals surface area contributed by atoms with Crippen LogP contribution in [0.3, 0.4) is 0 Å². The van der Waals surface area contributed by atoms with E-state index in [1.54, 1.807) is 43.3 Å². The number of sulfonamides is 1. The molecule has 1 heterocycles. The second-order valence-electron chi connectivity index (χ2n) is 7.73. The van der Waals surface area contributed by atoms with Crippen molar-refractivity contribution in [3.8, 4) is 5.75 Å². The standard InChI is InChI=1S/C22H24N2O6S/c1-3-29-20(25)14-30-19-10-6-17(7-11-19)23-21(26)22-12-16(22)13-24(31(22,27)28)18-8-4-15(2)5-9-18/h4-11,16H,3,12-14H2,1-2H3,(H,23,26)/t16-,22+/m0/s1. The van der Waals surface area contributed by atoms with E-state index in [9.17, 15) is 18.0 Å². The zero-order chi connectivity index (χ0) is 22.2. The fourth-order valence-electron chi connectivity index (χ4n) is 3.90. The highest BCUT2D eigenvalue weighted by Gasteiger charge is 2.75. The van der Waals surface area contributed by atoms with E-state index in [4.69, 9.17) is 9.47 Å². The van der Waals surface area contributed by atoms with E-state index in [1.165, 1.54) is 4.31 Å². The van der Waals surface area contributed by atoms with E-state index in [0.717, 1.165) is 5.56 Å². The minimum atomic E-state index is -3.83. The molecule has 0 spiro atoms. The van der Waals surface area contributed by atoms with Crippen LogP contribution in [-0.2, 0) is 24.3 Å². The highest BCUT2D eigenvalue weighted by molar-refractivity contribution is 7.95. The number of aryl methyl sites for hydroxylation is 1. The number of fused-ring (bicyclic) bond motifs is 1. The van der Waals surface area contributed by atoms with Crippen molar-refractivity contribution in [2.24, 2.45) is 5.92 Å². The van der Waals surface area contributed by atoms with Gasteiger partial charge in [0, 0.05) is 18.2 Å². The number of anilines is 2. The molecule has 0 aromatic heterocycles. The Morgan fingerprint density at radius 2 is 1.81 bits per heavy atom. The predicted octanol–water partition coefficient (Wildman–Crippen LogP) is 2.48. The summed E-state index contributed by atoms with van der Waals surface area (Å²) >= 11 is 0. The van der Waals surface area contributed by atoms with E-state index in [0.29, 0.717) is 30.1 Å². The van der Waals surface area contributed by atoms with Crippen LogP contribution in [0.1, 0.15) is 18.9 Å². The molecule has 2 aromatic rings. The van der Waals surface area contributed by atoms with E-state index < -0.39 is 26.6 Å². The van der Waals surface area contributed by atoms with Crippen LogP contribution in [-0.4, -0.2) is 44.8 Å². The summed E-state index contributed by atoms with van der Waals surface area (Å²) in [6.45, 7) is 4.02. The number of amides is 1. The first kappa shape index (κ1) is 21.2. The van der Waals surface area contributed by atoms with Crippen LogP contribution in [0.5, 0.6) is 5.75 Å². The molecule has 9 heteroatoms. The predicted molar refractivity (Wildman–Crippen MR) is 115 cm³/mol. The first-order chi connectivity index (χ1) is 14.8. The molecule has 2 atom stereocenters. The van der Waals surface area contributed by atoms with Gasteiger partial charge in [-0.15, -0.1) is 0 Å². The van der Waals surface area contributed by atoms with Crippen molar-refractivity contribution < 1.29 is 27.5 Å². The Morgan fingerprint density at radius 3 is 2.45 bits per heavy atom. The molecule has 1 N–H and O–H groups in total. The molecule has 31 heavy (non-hydrogen) atoms. The second kappa shape index (κ2) is 7.88. The van der Waals surface area contributed by atoms with Crippen LogP contribution in [0.15, 0.2) is 48.5 Å². The van der Waals surface area contributed by atoms with Crippen LogP contribution in [0.2, 0.25) is 0 Å². The first-order valence-corrected chi connectivity index (χ1v) is 11.5. The lowest BCUT2D eigenvalue weighted by atomic mass is 10.2. The number of rotatable bonds is 7. The number of nitrogens with one attached hydrogen (secondary N) is 1. The monoisotopic (exact) mass is 444 g/mol. The average Bonchev–Trinajstić information content (AvgIpc) is 3.44. The van der Waals surface area contributed by atoms with Gasteiger partial charge in [-0.25, -0.2) is 13.2 Å². The molecule has 2 aliphatic rings. The van der Waals surface area contributed by atoms with Gasteiger partial charge in [0.25, 0.3) is 0 Å². The van der Waals surface area contributed by atoms with Crippen LogP contribution < -0.4 is 14.4 Å². The molecule has 164 valence electrons. The van der Waals surface area contributed by atoms with Gasteiger partial charge in [0.15, 0.2) is 11.4 Å². The molecular formula is C22H24N2O6S. The summed E-state index contributed by atoms with van der Waals surface area (Å²) in [5.41, 5.74) is 2.07. The second-order valence-corrected chi connectivity index (χ2v) is 9.85. The maximum Gasteiger partial charge on any atom is 0.344 e. The number of carbonyl (C=O) groups excluding carboxylic acids is 2. The Kier molecular flexibility index (Phi) is 5.38. The number of hydrogen-bond acceptors (Lipinski definition) is 6. The highest BCUT2D eigenvalue weighted by Crippen LogP contribution is 2.58. The van der Waals surface area contributed by atoms with Crippen molar-refractivity contribution in [1.29, 1.82) is 0 Å². The normalized spacial score (nSPS) is 23.0. The SMILES string of the molecule is CCOC(=O)COc1ccc(NC(=O)[C@@]23C[C@H]2CN(c2ccc(C)cc2)S3(=O)=O)cc1. The zero-order valence-electron chi connectivity index (χ0n) is 17.3. The smallest absolute Gasteiger partial charge is 0.344 e. The van der Waals surface area contributed by atoms with Gasteiger partial charge in [0.2, 0.25) is 15.9 Å². The Hall–Kier alpha value is -3.07. The maximum absolute atomic E-state index is 13.2. The van der Waals surface area contributed by atoms with Gasteiger partial charge in [0.05, 0.1) is 12.3 Å². The van der Waals surface area contributed by atoms with Gasteiger partial charge in [-0.2, -0.15) is 0 Å². The summed E-state index contributed by atoms with van der Waals surface area (Å²) in [6.07, 6.45) is 0.324. The third-order valence-electron chi connectivity index (χ3n) is 5.67. The molecule has 1 aliphatic carbocycles. The molecule has 0 unspecified atom stereocenters. The summed E-state index contributed by atoms with van der Waals surface area (Å²) in [5, 5.41) is 2.72. The van der Waals surface area contributed by atoms with Crippen LogP contribution in [0, 0.1) is 12.8 Å². The van der Waals surface area contributed by atoms with E-state index in [-0.39, 0.29) is 19.1 Å². The van der Waals surface area contributed by atoms with Gasteiger partial charge >= 0.3 is 5.97 Å². The fourth-order valence-corrected chi connectivity index (χ4v) is 6.26. The Labute approximate surface area is 181 Å². The van der Waals surface area contributed by atoms with Gasteiger partial charge < -0.3 is 14.8 Å². The molecule has 8 nitrogen and oxygen atoms in total. The topological polar surface area (TPSA) is 102 Å². The molecule has 0 radical (unpaired) electrons. The van der Waals surface area contributed by atoms with Crippen LogP contribution in [0.25, 0.3) is 0 Å². The largest absolute Gasteiger partial charge is 0.482 e. The van der Waals surface area contributed by atoms with Crippen LogP contribution >= 0.6 is 0 Å². The lowest BCUT2D eigenvalue weighted by Gasteiger charge is -2.23. The molecule has 2 aromatic carbocycles. The van der Waals surface area contributed by atoms with Gasteiger partial charge in [-0.3, -0.25) is 9.10 Å². The summed E-state index contributed by atoms with van der Waals surface area (Å²) in [6, 6.07) is 13.6. The highest BCUT2D eigenvalue weighted by atomic mass is 32.2. The third kappa shape index (κ3) is 3.74.